The number of amides is 3. The van der Waals surface area contributed by atoms with Gasteiger partial charge in [-0.3, -0.25) is 4.79 Å². The van der Waals surface area contributed by atoms with E-state index in [-0.39, 0.29) is 31.9 Å². The molecule has 0 aromatic carbocycles. The summed E-state index contributed by atoms with van der Waals surface area (Å²) >= 11 is 0. The number of carboxylic acids is 1. The number of hydrogen-bond donors (Lipinski definition) is 5. The van der Waals surface area contributed by atoms with Crippen molar-refractivity contribution in [2.24, 2.45) is 0 Å². The Bertz CT molecular complexity index is 323. The van der Waals surface area contributed by atoms with Crippen LogP contribution in [0.4, 0.5) is 4.79 Å². The molecule has 0 radical (unpaired) electrons. The zero-order valence-corrected chi connectivity index (χ0v) is 11.3. The smallest absolute Gasteiger partial charge is 0.326 e. The molecular formula is C11H21N3O6. The first kappa shape index (κ1) is 18.1. The van der Waals surface area contributed by atoms with Gasteiger partial charge < -0.3 is 30.9 Å². The van der Waals surface area contributed by atoms with Gasteiger partial charge >= 0.3 is 12.0 Å². The molecule has 1 unspecified atom stereocenters. The SMILES string of the molecule is COCCNC(=O)CCNC(=O)NC(CCO)C(=O)O. The van der Waals surface area contributed by atoms with E-state index in [9.17, 15) is 14.4 Å². The van der Waals surface area contributed by atoms with Crippen LogP contribution in [0, 0.1) is 0 Å². The summed E-state index contributed by atoms with van der Waals surface area (Å²) in [6.45, 7) is 0.523. The van der Waals surface area contributed by atoms with Crippen molar-refractivity contribution in [3.05, 3.63) is 0 Å². The van der Waals surface area contributed by atoms with Crippen LogP contribution in [0.2, 0.25) is 0 Å². The Labute approximate surface area is 116 Å². The molecule has 1 atom stereocenters. The third-order valence-electron chi connectivity index (χ3n) is 2.29. The number of aliphatic hydroxyl groups is 1. The van der Waals surface area contributed by atoms with E-state index >= 15 is 0 Å². The first-order chi connectivity index (χ1) is 9.51. The maximum atomic E-state index is 11.4. The second kappa shape index (κ2) is 11.0. The molecule has 0 fully saturated rings. The third kappa shape index (κ3) is 9.11. The van der Waals surface area contributed by atoms with E-state index in [1.165, 1.54) is 7.11 Å². The van der Waals surface area contributed by atoms with E-state index in [0.29, 0.717) is 13.2 Å². The van der Waals surface area contributed by atoms with Gasteiger partial charge in [0.2, 0.25) is 5.91 Å². The van der Waals surface area contributed by atoms with Gasteiger partial charge in [-0.1, -0.05) is 0 Å². The van der Waals surface area contributed by atoms with Gasteiger partial charge in [-0.2, -0.15) is 0 Å². The maximum Gasteiger partial charge on any atom is 0.326 e. The zero-order valence-electron chi connectivity index (χ0n) is 11.3. The van der Waals surface area contributed by atoms with Crippen molar-refractivity contribution < 1.29 is 29.3 Å². The lowest BCUT2D eigenvalue weighted by molar-refractivity contribution is -0.139. The van der Waals surface area contributed by atoms with E-state index in [1.807, 2.05) is 0 Å². The van der Waals surface area contributed by atoms with Crippen LogP contribution in [-0.2, 0) is 14.3 Å². The fourth-order valence-corrected chi connectivity index (χ4v) is 1.27. The minimum Gasteiger partial charge on any atom is -0.480 e. The molecule has 116 valence electrons. The normalized spacial score (nSPS) is 11.5. The van der Waals surface area contributed by atoms with Gasteiger partial charge in [-0.25, -0.2) is 9.59 Å². The molecule has 0 rings (SSSR count). The predicted octanol–water partition coefficient (Wildman–Crippen LogP) is -1.73. The lowest BCUT2D eigenvalue weighted by Crippen LogP contribution is -2.47. The molecule has 0 spiro atoms. The standard InChI is InChI=1S/C11H21N3O6/c1-20-7-5-12-9(16)2-4-13-11(19)14-8(3-6-15)10(17)18/h8,15H,2-7H2,1H3,(H,12,16)(H,17,18)(H2,13,14,19). The van der Waals surface area contributed by atoms with E-state index in [1.54, 1.807) is 0 Å². The number of nitrogens with one attached hydrogen (secondary N) is 3. The maximum absolute atomic E-state index is 11.4. The van der Waals surface area contributed by atoms with Gasteiger partial charge in [0.15, 0.2) is 0 Å². The summed E-state index contributed by atoms with van der Waals surface area (Å²) < 4.78 is 4.75. The highest BCUT2D eigenvalue weighted by Gasteiger charge is 2.18. The molecule has 0 aliphatic carbocycles. The molecule has 3 amide bonds. The molecule has 0 bridgehead atoms. The summed E-state index contributed by atoms with van der Waals surface area (Å²) in [5, 5.41) is 24.5. The van der Waals surface area contributed by atoms with Crippen LogP contribution in [0.5, 0.6) is 0 Å². The number of urea groups is 1. The zero-order chi connectivity index (χ0) is 15.4. The average molecular weight is 291 g/mol. The average Bonchev–Trinajstić information content (AvgIpc) is 2.38. The Morgan fingerprint density at radius 3 is 2.45 bits per heavy atom. The summed E-state index contributed by atoms with van der Waals surface area (Å²) in [4.78, 5) is 33.3. The fourth-order valence-electron chi connectivity index (χ4n) is 1.27. The monoisotopic (exact) mass is 291 g/mol. The van der Waals surface area contributed by atoms with Gasteiger partial charge in [0.1, 0.15) is 6.04 Å². The highest BCUT2D eigenvalue weighted by atomic mass is 16.5. The van der Waals surface area contributed by atoms with Crippen molar-refractivity contribution in [1.82, 2.24) is 16.0 Å². The van der Waals surface area contributed by atoms with Gasteiger partial charge in [0.25, 0.3) is 0 Å². The van der Waals surface area contributed by atoms with Crippen molar-refractivity contribution in [3.8, 4) is 0 Å². The van der Waals surface area contributed by atoms with Crippen molar-refractivity contribution in [2.75, 3.05) is 33.4 Å². The summed E-state index contributed by atoms with van der Waals surface area (Å²) in [6, 6.07) is -1.86. The molecule has 0 aromatic heterocycles. The number of aliphatic carboxylic acids is 1. The van der Waals surface area contributed by atoms with E-state index in [0.717, 1.165) is 0 Å². The highest BCUT2D eigenvalue weighted by Crippen LogP contribution is 1.91. The second-order valence-electron chi connectivity index (χ2n) is 3.90. The van der Waals surface area contributed by atoms with Crippen molar-refractivity contribution in [3.63, 3.8) is 0 Å². The lowest BCUT2D eigenvalue weighted by atomic mass is 10.2. The number of aliphatic hydroxyl groups excluding tert-OH is 1. The van der Waals surface area contributed by atoms with Crippen molar-refractivity contribution in [1.29, 1.82) is 0 Å². The van der Waals surface area contributed by atoms with E-state index in [4.69, 9.17) is 14.9 Å². The summed E-state index contributed by atoms with van der Waals surface area (Å²) in [5.41, 5.74) is 0. The third-order valence-corrected chi connectivity index (χ3v) is 2.29. The van der Waals surface area contributed by atoms with Crippen LogP contribution in [0.1, 0.15) is 12.8 Å². The Morgan fingerprint density at radius 2 is 1.90 bits per heavy atom. The number of carboxylic acid groups (broad SMARTS) is 1. The van der Waals surface area contributed by atoms with Crippen LogP contribution < -0.4 is 16.0 Å². The van der Waals surface area contributed by atoms with Crippen molar-refractivity contribution in [2.45, 2.75) is 18.9 Å². The number of methoxy groups -OCH3 is 1. The number of carbonyl (C=O) groups is 3. The number of hydrogen-bond acceptors (Lipinski definition) is 5. The number of ether oxygens (including phenoxy) is 1. The Morgan fingerprint density at radius 1 is 1.20 bits per heavy atom. The summed E-state index contributed by atoms with van der Waals surface area (Å²) in [6.07, 6.45) is -0.00483. The van der Waals surface area contributed by atoms with E-state index in [2.05, 4.69) is 16.0 Å². The Balaban J connectivity index is 3.81. The molecule has 9 heteroatoms. The Hall–Kier alpha value is -1.87. The minimum atomic E-state index is -1.23. The highest BCUT2D eigenvalue weighted by molar-refractivity contribution is 5.83. The molecule has 0 aliphatic heterocycles. The van der Waals surface area contributed by atoms with Crippen LogP contribution in [0.25, 0.3) is 0 Å². The van der Waals surface area contributed by atoms with Gasteiger partial charge in [0.05, 0.1) is 6.61 Å². The van der Waals surface area contributed by atoms with Crippen LogP contribution >= 0.6 is 0 Å². The predicted molar refractivity (Wildman–Crippen MR) is 69.2 cm³/mol. The molecule has 0 heterocycles. The lowest BCUT2D eigenvalue weighted by Gasteiger charge is -2.13. The first-order valence-corrected chi connectivity index (χ1v) is 6.15. The topological polar surface area (TPSA) is 137 Å². The van der Waals surface area contributed by atoms with Crippen LogP contribution in [0.15, 0.2) is 0 Å². The fraction of sp³-hybridized carbons (Fsp3) is 0.727. The molecule has 9 nitrogen and oxygen atoms in total. The minimum absolute atomic E-state index is 0.0782. The quantitative estimate of drug-likeness (QED) is 0.303. The molecule has 0 aromatic rings. The molecule has 0 aliphatic rings. The van der Waals surface area contributed by atoms with Crippen LogP contribution in [-0.4, -0.2) is 67.6 Å². The summed E-state index contributed by atoms with van der Waals surface area (Å²) in [5.74, 6) is -1.47. The van der Waals surface area contributed by atoms with Gasteiger partial charge in [-0.05, 0) is 0 Å². The van der Waals surface area contributed by atoms with Gasteiger partial charge in [0, 0.05) is 39.6 Å². The molecule has 0 saturated carbocycles. The van der Waals surface area contributed by atoms with Crippen molar-refractivity contribution >= 4 is 17.9 Å². The van der Waals surface area contributed by atoms with Crippen LogP contribution in [0.3, 0.4) is 0 Å². The number of rotatable bonds is 10. The Kier molecular flexibility index (Phi) is 9.97. The second-order valence-corrected chi connectivity index (χ2v) is 3.90. The molecule has 5 N–H and O–H groups in total. The number of carbonyl (C=O) groups excluding carboxylic acids is 2. The molecular weight excluding hydrogens is 270 g/mol. The van der Waals surface area contributed by atoms with E-state index < -0.39 is 18.0 Å². The summed E-state index contributed by atoms with van der Waals surface area (Å²) in [7, 11) is 1.52. The first-order valence-electron chi connectivity index (χ1n) is 6.15. The molecule has 0 saturated heterocycles. The largest absolute Gasteiger partial charge is 0.480 e. The van der Waals surface area contributed by atoms with Gasteiger partial charge in [-0.15, -0.1) is 0 Å². The molecule has 20 heavy (non-hydrogen) atoms.